The molecule has 0 aliphatic carbocycles. The molecule has 0 saturated heterocycles. The maximum atomic E-state index is 13.0. The van der Waals surface area contributed by atoms with Gasteiger partial charge in [-0.25, -0.2) is 15.0 Å². The van der Waals surface area contributed by atoms with Gasteiger partial charge in [-0.15, -0.1) is 22.7 Å². The van der Waals surface area contributed by atoms with Crippen molar-refractivity contribution in [2.75, 3.05) is 0 Å². The number of hydrogen-bond acceptors (Lipinski definition) is 9. The molecule has 3 aromatic rings. The van der Waals surface area contributed by atoms with Gasteiger partial charge in [-0.05, 0) is 19.8 Å². The van der Waals surface area contributed by atoms with Crippen molar-refractivity contribution >= 4 is 40.4 Å². The minimum atomic E-state index is -0.577. The number of oxazole rings is 1. The molecule has 0 radical (unpaired) electrons. The minimum absolute atomic E-state index is 0.0842. The zero-order valence-corrected chi connectivity index (χ0v) is 20.2. The highest BCUT2D eigenvalue weighted by atomic mass is 32.1. The van der Waals surface area contributed by atoms with Gasteiger partial charge in [-0.1, -0.05) is 20.3 Å². The van der Waals surface area contributed by atoms with Crippen LogP contribution in [0.2, 0.25) is 0 Å². The molecule has 0 fully saturated rings. The van der Waals surface area contributed by atoms with E-state index < -0.39 is 23.9 Å². The molecule has 4 unspecified atom stereocenters. The van der Waals surface area contributed by atoms with E-state index in [4.69, 9.17) is 4.42 Å². The van der Waals surface area contributed by atoms with Crippen molar-refractivity contribution in [3.8, 4) is 0 Å². The summed E-state index contributed by atoms with van der Waals surface area (Å²) in [5.74, 6) is -0.887. The van der Waals surface area contributed by atoms with Crippen LogP contribution < -0.4 is 16.0 Å². The van der Waals surface area contributed by atoms with Crippen LogP contribution in [-0.2, 0) is 0 Å². The van der Waals surface area contributed by atoms with Crippen LogP contribution >= 0.6 is 22.7 Å². The molecule has 3 N–H and O–H groups in total. The van der Waals surface area contributed by atoms with E-state index in [1.807, 2.05) is 13.8 Å². The van der Waals surface area contributed by atoms with Crippen LogP contribution in [0.3, 0.4) is 0 Å². The summed E-state index contributed by atoms with van der Waals surface area (Å²) in [4.78, 5) is 51.4. The fourth-order valence-electron chi connectivity index (χ4n) is 3.28. The highest BCUT2D eigenvalue weighted by molar-refractivity contribution is 7.10. The van der Waals surface area contributed by atoms with E-state index in [1.54, 1.807) is 24.6 Å². The van der Waals surface area contributed by atoms with E-state index in [0.717, 1.165) is 6.42 Å². The Morgan fingerprint density at radius 1 is 0.879 bits per heavy atom. The molecule has 4 heterocycles. The Morgan fingerprint density at radius 3 is 2.15 bits per heavy atom. The summed E-state index contributed by atoms with van der Waals surface area (Å²) in [5, 5.41) is 13.2. The molecule has 12 heteroatoms. The molecule has 33 heavy (non-hydrogen) atoms. The summed E-state index contributed by atoms with van der Waals surface area (Å²) in [6.45, 7) is 7.53. The highest BCUT2D eigenvalue weighted by Crippen LogP contribution is 2.28. The second-order valence-corrected chi connectivity index (χ2v) is 9.72. The second kappa shape index (κ2) is 9.40. The lowest BCUT2D eigenvalue weighted by molar-refractivity contribution is 0.0917. The number of thiazole rings is 2. The standard InChI is InChI=1S/C21H24N6O4S2/c1-5-9(2)15-21-26-13(8-33-21)17(29)22-10(3)19-24-12(6-31-19)16(28)23-11(4)20-25-14(7-32-20)18(30)27-15/h6-11,15H,5H2,1-4H3,(H,22,29)(H,23,28)(H,27,30). The number of fused-ring (bicyclic) bond motifs is 6. The topological polar surface area (TPSA) is 139 Å². The van der Waals surface area contributed by atoms with Crippen molar-refractivity contribution in [3.63, 3.8) is 0 Å². The number of nitrogens with one attached hydrogen (secondary N) is 3. The molecule has 4 rings (SSSR count). The quantitative estimate of drug-likeness (QED) is 0.502. The number of aromatic nitrogens is 3. The van der Waals surface area contributed by atoms with E-state index in [9.17, 15) is 14.4 Å². The average Bonchev–Trinajstić information content (AvgIpc) is 3.55. The number of rotatable bonds is 2. The molecule has 174 valence electrons. The average molecular weight is 489 g/mol. The van der Waals surface area contributed by atoms with E-state index in [0.29, 0.717) is 10.0 Å². The number of hydrogen-bond donors (Lipinski definition) is 3. The first-order valence-corrected chi connectivity index (χ1v) is 12.3. The maximum absolute atomic E-state index is 13.0. The van der Waals surface area contributed by atoms with Crippen LogP contribution in [0.15, 0.2) is 21.4 Å². The molecule has 6 bridgehead atoms. The predicted octanol–water partition coefficient (Wildman–Crippen LogP) is 3.40. The number of carbonyl (C=O) groups is 3. The summed E-state index contributed by atoms with van der Waals surface area (Å²) in [5.41, 5.74) is 0.582. The van der Waals surface area contributed by atoms with Gasteiger partial charge in [0.1, 0.15) is 33.7 Å². The molecule has 4 atom stereocenters. The lowest BCUT2D eigenvalue weighted by Crippen LogP contribution is -2.33. The third-order valence-electron chi connectivity index (χ3n) is 5.47. The summed E-state index contributed by atoms with van der Waals surface area (Å²) >= 11 is 2.60. The summed E-state index contributed by atoms with van der Waals surface area (Å²) < 4.78 is 5.42. The summed E-state index contributed by atoms with van der Waals surface area (Å²) in [6.07, 6.45) is 2.05. The second-order valence-electron chi connectivity index (χ2n) is 7.94. The molecule has 0 spiro atoms. The van der Waals surface area contributed by atoms with E-state index in [2.05, 4.69) is 30.9 Å². The Balaban J connectivity index is 1.72. The summed E-state index contributed by atoms with van der Waals surface area (Å²) in [7, 11) is 0. The van der Waals surface area contributed by atoms with Crippen LogP contribution in [0.5, 0.6) is 0 Å². The van der Waals surface area contributed by atoms with Crippen molar-refractivity contribution in [2.24, 2.45) is 5.92 Å². The van der Waals surface area contributed by atoms with Crippen LogP contribution in [0.4, 0.5) is 0 Å². The molecule has 10 nitrogen and oxygen atoms in total. The minimum Gasteiger partial charge on any atom is -0.446 e. The third kappa shape index (κ3) is 4.81. The Kier molecular flexibility index (Phi) is 6.56. The van der Waals surface area contributed by atoms with Gasteiger partial charge in [0, 0.05) is 10.8 Å². The van der Waals surface area contributed by atoms with Crippen LogP contribution in [-0.4, -0.2) is 32.7 Å². The first kappa shape index (κ1) is 23.1. The highest BCUT2D eigenvalue weighted by Gasteiger charge is 2.28. The zero-order chi connectivity index (χ0) is 23.7. The fourth-order valence-corrected chi connectivity index (χ4v) is 5.07. The Bertz CT molecular complexity index is 1190. The number of carbonyl (C=O) groups excluding carboxylic acids is 3. The first-order chi connectivity index (χ1) is 15.8. The SMILES string of the molecule is CCC(C)C1NC(=O)c2csc(n2)C(C)NC(=O)c2coc(n2)C(C)NC(=O)c2csc1n2. The van der Waals surface area contributed by atoms with Crippen molar-refractivity contribution in [3.05, 3.63) is 50.0 Å². The molecule has 1 aliphatic heterocycles. The third-order valence-corrected chi connectivity index (χ3v) is 7.42. The van der Waals surface area contributed by atoms with Gasteiger partial charge in [0.05, 0.1) is 12.1 Å². The van der Waals surface area contributed by atoms with E-state index >= 15 is 0 Å². The molecule has 3 aromatic heterocycles. The Labute approximate surface area is 198 Å². The van der Waals surface area contributed by atoms with Gasteiger partial charge in [-0.2, -0.15) is 0 Å². The van der Waals surface area contributed by atoms with Gasteiger partial charge in [0.25, 0.3) is 17.7 Å². The van der Waals surface area contributed by atoms with Crippen molar-refractivity contribution in [2.45, 2.75) is 52.2 Å². The van der Waals surface area contributed by atoms with Crippen molar-refractivity contribution in [1.29, 1.82) is 0 Å². The van der Waals surface area contributed by atoms with Crippen LogP contribution in [0.25, 0.3) is 0 Å². The zero-order valence-electron chi connectivity index (χ0n) is 18.5. The number of nitrogens with zero attached hydrogens (tertiary/aromatic N) is 3. The first-order valence-electron chi connectivity index (χ1n) is 10.6. The van der Waals surface area contributed by atoms with E-state index in [-0.39, 0.29) is 40.8 Å². The van der Waals surface area contributed by atoms with Gasteiger partial charge in [0.15, 0.2) is 5.69 Å². The van der Waals surface area contributed by atoms with Gasteiger partial charge < -0.3 is 20.4 Å². The largest absolute Gasteiger partial charge is 0.446 e. The van der Waals surface area contributed by atoms with E-state index in [1.165, 1.54) is 28.9 Å². The molecular weight excluding hydrogens is 464 g/mol. The van der Waals surface area contributed by atoms with Crippen LogP contribution in [0, 0.1) is 5.92 Å². The van der Waals surface area contributed by atoms with Gasteiger partial charge in [-0.3, -0.25) is 14.4 Å². The molecule has 1 aliphatic rings. The smallest absolute Gasteiger partial charge is 0.273 e. The van der Waals surface area contributed by atoms with Gasteiger partial charge >= 0.3 is 0 Å². The lowest BCUT2D eigenvalue weighted by atomic mass is 9.99. The van der Waals surface area contributed by atoms with Crippen LogP contribution in [0.1, 0.15) is 99.6 Å². The number of amides is 3. The molecular formula is C21H24N6O4S2. The Morgan fingerprint density at radius 2 is 1.45 bits per heavy atom. The molecule has 0 aromatic carbocycles. The normalized spacial score (nSPS) is 22.5. The Hall–Kier alpha value is -3.12. The maximum Gasteiger partial charge on any atom is 0.273 e. The fraction of sp³-hybridized carbons (Fsp3) is 0.429. The van der Waals surface area contributed by atoms with Crippen molar-refractivity contribution in [1.82, 2.24) is 30.9 Å². The predicted molar refractivity (Wildman–Crippen MR) is 122 cm³/mol. The van der Waals surface area contributed by atoms with Gasteiger partial charge in [0.2, 0.25) is 5.89 Å². The molecule has 0 saturated carbocycles. The lowest BCUT2D eigenvalue weighted by Gasteiger charge is -2.22. The van der Waals surface area contributed by atoms with Crippen molar-refractivity contribution < 1.29 is 18.8 Å². The molecule has 3 amide bonds. The monoisotopic (exact) mass is 488 g/mol. The summed E-state index contributed by atoms with van der Waals surface area (Å²) in [6, 6.07) is -1.39.